The number of benzene rings is 1. The van der Waals surface area contributed by atoms with Gasteiger partial charge in [0.2, 0.25) is 0 Å². The van der Waals surface area contributed by atoms with Gasteiger partial charge in [0, 0.05) is 61.8 Å². The highest BCUT2D eigenvalue weighted by atomic mass is 32.1. The van der Waals surface area contributed by atoms with Crippen LogP contribution >= 0.6 is 11.3 Å². The second kappa shape index (κ2) is 8.65. The maximum absolute atomic E-state index is 13.0. The standard InChI is InChI=1S/C22H25N5O2S/c28-21(16-1-2-19-20(15-16)24-8-7-23-19)27-10-3-17(4-11-27)26-12-5-18(6-13-26)29-22-25-9-14-30-22/h1-2,7-9,14-15,17-18H,3-6,10-13H2. The number of rotatable bonds is 4. The highest BCUT2D eigenvalue weighted by Gasteiger charge is 2.30. The lowest BCUT2D eigenvalue weighted by atomic mass is 9.98. The van der Waals surface area contributed by atoms with E-state index in [0.29, 0.717) is 11.6 Å². The molecule has 2 aliphatic heterocycles. The van der Waals surface area contributed by atoms with Crippen molar-refractivity contribution in [1.29, 1.82) is 0 Å². The number of fused-ring (bicyclic) bond motifs is 1. The Morgan fingerprint density at radius 3 is 2.43 bits per heavy atom. The van der Waals surface area contributed by atoms with Crippen molar-refractivity contribution in [2.75, 3.05) is 26.2 Å². The summed E-state index contributed by atoms with van der Waals surface area (Å²) in [5, 5.41) is 2.73. The van der Waals surface area contributed by atoms with Crippen LogP contribution < -0.4 is 4.74 Å². The van der Waals surface area contributed by atoms with E-state index in [2.05, 4.69) is 19.9 Å². The molecule has 5 rings (SSSR count). The Hall–Kier alpha value is -2.58. The molecule has 2 aromatic heterocycles. The molecule has 0 spiro atoms. The Morgan fingerprint density at radius 2 is 1.70 bits per heavy atom. The summed E-state index contributed by atoms with van der Waals surface area (Å²) in [7, 11) is 0. The van der Waals surface area contributed by atoms with E-state index >= 15 is 0 Å². The van der Waals surface area contributed by atoms with Crippen LogP contribution in [0.5, 0.6) is 5.19 Å². The maximum atomic E-state index is 13.0. The predicted octanol–water partition coefficient (Wildman–Crippen LogP) is 3.23. The number of likely N-dealkylation sites (tertiary alicyclic amines) is 2. The Morgan fingerprint density at radius 1 is 0.933 bits per heavy atom. The molecule has 1 amide bonds. The molecule has 30 heavy (non-hydrogen) atoms. The molecule has 2 fully saturated rings. The van der Waals surface area contributed by atoms with Crippen molar-refractivity contribution in [3.05, 3.63) is 47.7 Å². The van der Waals surface area contributed by atoms with E-state index in [4.69, 9.17) is 4.74 Å². The van der Waals surface area contributed by atoms with Gasteiger partial charge >= 0.3 is 0 Å². The normalized spacial score (nSPS) is 19.3. The molecule has 0 radical (unpaired) electrons. The van der Waals surface area contributed by atoms with E-state index in [1.165, 1.54) is 0 Å². The molecule has 0 atom stereocenters. The van der Waals surface area contributed by atoms with Gasteiger partial charge in [-0.1, -0.05) is 11.3 Å². The van der Waals surface area contributed by atoms with Gasteiger partial charge < -0.3 is 9.64 Å². The summed E-state index contributed by atoms with van der Waals surface area (Å²) >= 11 is 1.56. The molecule has 0 saturated carbocycles. The molecule has 3 aromatic rings. The number of ether oxygens (including phenoxy) is 1. The van der Waals surface area contributed by atoms with E-state index in [0.717, 1.165) is 68.1 Å². The van der Waals surface area contributed by atoms with Gasteiger partial charge in [-0.3, -0.25) is 19.7 Å². The fraction of sp³-hybridized carbons (Fsp3) is 0.455. The van der Waals surface area contributed by atoms with Gasteiger partial charge in [0.25, 0.3) is 11.1 Å². The van der Waals surface area contributed by atoms with Gasteiger partial charge in [-0.15, -0.1) is 0 Å². The lowest BCUT2D eigenvalue weighted by molar-refractivity contribution is 0.0425. The number of nitrogens with zero attached hydrogens (tertiary/aromatic N) is 5. The van der Waals surface area contributed by atoms with E-state index < -0.39 is 0 Å². The predicted molar refractivity (Wildman–Crippen MR) is 116 cm³/mol. The van der Waals surface area contributed by atoms with Crippen LogP contribution in [0.3, 0.4) is 0 Å². The minimum absolute atomic E-state index is 0.0940. The van der Waals surface area contributed by atoms with Crippen molar-refractivity contribution in [1.82, 2.24) is 24.8 Å². The van der Waals surface area contributed by atoms with E-state index in [1.54, 1.807) is 29.9 Å². The fourth-order valence-corrected chi connectivity index (χ4v) is 5.03. The van der Waals surface area contributed by atoms with Crippen molar-refractivity contribution < 1.29 is 9.53 Å². The maximum Gasteiger partial charge on any atom is 0.273 e. The third-order valence-electron chi connectivity index (χ3n) is 6.14. The minimum atomic E-state index is 0.0940. The molecule has 2 saturated heterocycles. The molecule has 0 aliphatic carbocycles. The third-order valence-corrected chi connectivity index (χ3v) is 6.80. The van der Waals surface area contributed by atoms with Crippen molar-refractivity contribution >= 4 is 28.3 Å². The number of carbonyl (C=O) groups excluding carboxylic acids is 1. The first-order valence-corrected chi connectivity index (χ1v) is 11.4. The zero-order valence-electron chi connectivity index (χ0n) is 16.8. The number of hydrogen-bond acceptors (Lipinski definition) is 7. The summed E-state index contributed by atoms with van der Waals surface area (Å²) in [6.45, 7) is 3.71. The lowest BCUT2D eigenvalue weighted by Gasteiger charge is -2.41. The minimum Gasteiger partial charge on any atom is -0.467 e. The average molecular weight is 424 g/mol. The molecule has 1 aromatic carbocycles. The smallest absolute Gasteiger partial charge is 0.273 e. The van der Waals surface area contributed by atoms with Crippen LogP contribution in [0, 0.1) is 0 Å². The monoisotopic (exact) mass is 423 g/mol. The molecule has 0 N–H and O–H groups in total. The average Bonchev–Trinajstić information content (AvgIpc) is 3.32. The number of hydrogen-bond donors (Lipinski definition) is 0. The Kier molecular flexibility index (Phi) is 5.59. The number of carbonyl (C=O) groups is 1. The highest BCUT2D eigenvalue weighted by Crippen LogP contribution is 2.25. The number of aromatic nitrogens is 3. The van der Waals surface area contributed by atoms with Crippen LogP contribution in [-0.4, -0.2) is 69.0 Å². The number of thiazole rings is 1. The largest absolute Gasteiger partial charge is 0.467 e. The number of piperidine rings is 2. The molecule has 0 bridgehead atoms. The van der Waals surface area contributed by atoms with E-state index in [1.807, 2.05) is 28.5 Å². The fourth-order valence-electron chi connectivity index (χ4n) is 4.48. The zero-order valence-corrected chi connectivity index (χ0v) is 17.6. The Balaban J connectivity index is 1.13. The molecular weight excluding hydrogens is 398 g/mol. The van der Waals surface area contributed by atoms with Crippen LogP contribution in [0.4, 0.5) is 0 Å². The van der Waals surface area contributed by atoms with Crippen LogP contribution in [0.25, 0.3) is 11.0 Å². The van der Waals surface area contributed by atoms with E-state index in [-0.39, 0.29) is 12.0 Å². The van der Waals surface area contributed by atoms with Crippen LogP contribution in [0.2, 0.25) is 0 Å². The van der Waals surface area contributed by atoms with Crippen molar-refractivity contribution in [3.8, 4) is 5.19 Å². The first kappa shape index (κ1) is 19.4. The van der Waals surface area contributed by atoms with Gasteiger partial charge in [-0.25, -0.2) is 4.98 Å². The second-order valence-electron chi connectivity index (χ2n) is 7.93. The van der Waals surface area contributed by atoms with E-state index in [9.17, 15) is 4.79 Å². The summed E-state index contributed by atoms with van der Waals surface area (Å²) in [5.74, 6) is 0.0940. The van der Waals surface area contributed by atoms with Crippen LogP contribution in [0.1, 0.15) is 36.0 Å². The number of amides is 1. The lowest BCUT2D eigenvalue weighted by Crippen LogP contribution is -2.50. The summed E-state index contributed by atoms with van der Waals surface area (Å²) in [4.78, 5) is 30.3. The molecular formula is C22H25N5O2S. The van der Waals surface area contributed by atoms with Crippen molar-refractivity contribution in [2.45, 2.75) is 37.8 Å². The summed E-state index contributed by atoms with van der Waals surface area (Å²) < 4.78 is 5.98. The second-order valence-corrected chi connectivity index (χ2v) is 8.79. The van der Waals surface area contributed by atoms with Gasteiger partial charge in [-0.05, 0) is 43.9 Å². The summed E-state index contributed by atoms with van der Waals surface area (Å²) in [6.07, 6.45) is 9.51. The van der Waals surface area contributed by atoms with Crippen molar-refractivity contribution in [2.24, 2.45) is 0 Å². The molecule has 8 heteroatoms. The summed E-state index contributed by atoms with van der Waals surface area (Å²) in [6, 6.07) is 6.14. The van der Waals surface area contributed by atoms with Gasteiger partial charge in [0.1, 0.15) is 6.10 Å². The van der Waals surface area contributed by atoms with Crippen LogP contribution in [-0.2, 0) is 0 Å². The van der Waals surface area contributed by atoms with Gasteiger partial charge in [0.15, 0.2) is 0 Å². The third kappa shape index (κ3) is 4.15. The first-order chi connectivity index (χ1) is 14.8. The molecule has 2 aliphatic rings. The SMILES string of the molecule is O=C(c1ccc2nccnc2c1)N1CCC(N2CCC(Oc3nccs3)CC2)CC1. The molecule has 156 valence electrons. The topological polar surface area (TPSA) is 71.5 Å². The quantitative estimate of drug-likeness (QED) is 0.642. The summed E-state index contributed by atoms with van der Waals surface area (Å²) in [5.41, 5.74) is 2.28. The molecule has 4 heterocycles. The Labute approximate surface area is 179 Å². The van der Waals surface area contributed by atoms with Gasteiger partial charge in [-0.2, -0.15) is 0 Å². The zero-order chi connectivity index (χ0) is 20.3. The molecule has 7 nitrogen and oxygen atoms in total. The first-order valence-electron chi connectivity index (χ1n) is 10.6. The highest BCUT2D eigenvalue weighted by molar-refractivity contribution is 7.11. The van der Waals surface area contributed by atoms with Crippen LogP contribution in [0.15, 0.2) is 42.2 Å². The Bertz CT molecular complexity index is 996. The molecule has 0 unspecified atom stereocenters. The van der Waals surface area contributed by atoms with Crippen molar-refractivity contribution in [3.63, 3.8) is 0 Å². The van der Waals surface area contributed by atoms with Gasteiger partial charge in [0.05, 0.1) is 11.0 Å².